The molecule has 0 aliphatic carbocycles. The van der Waals surface area contributed by atoms with Gasteiger partial charge in [0.1, 0.15) is 11.8 Å². The third-order valence-corrected chi connectivity index (χ3v) is 4.03. The molecule has 0 saturated heterocycles. The first-order chi connectivity index (χ1) is 13.2. The van der Waals surface area contributed by atoms with E-state index < -0.39 is 11.5 Å². The van der Waals surface area contributed by atoms with Gasteiger partial charge in [0.15, 0.2) is 0 Å². The molecule has 0 radical (unpaired) electrons. The second-order valence-corrected chi connectivity index (χ2v) is 7.59. The Bertz CT molecular complexity index is 793. The number of hydrogen-bond donors (Lipinski definition) is 3. The van der Waals surface area contributed by atoms with E-state index >= 15 is 0 Å². The quantitative estimate of drug-likeness (QED) is 0.657. The number of amides is 2. The zero-order valence-electron chi connectivity index (χ0n) is 17.1. The molecule has 6 heteroatoms. The minimum absolute atomic E-state index is 0.0451. The molecule has 0 fully saturated rings. The molecule has 0 saturated carbocycles. The number of anilines is 3. The molecule has 0 aliphatic heterocycles. The maximum atomic E-state index is 12.4. The molecule has 0 bridgehead atoms. The molecule has 0 heterocycles. The second-order valence-electron chi connectivity index (χ2n) is 7.59. The zero-order chi connectivity index (χ0) is 20.7. The van der Waals surface area contributed by atoms with Crippen LogP contribution in [0.5, 0.6) is 5.75 Å². The summed E-state index contributed by atoms with van der Waals surface area (Å²) in [5.74, 6) is 0.580. The summed E-state index contributed by atoms with van der Waals surface area (Å²) in [6, 6.07) is 14.1. The van der Waals surface area contributed by atoms with Gasteiger partial charge >= 0.3 is 0 Å². The van der Waals surface area contributed by atoms with Crippen LogP contribution < -0.4 is 20.7 Å². The molecule has 0 spiro atoms. The minimum Gasteiger partial charge on any atom is -0.494 e. The van der Waals surface area contributed by atoms with E-state index in [1.165, 1.54) is 0 Å². The number of rotatable bonds is 7. The van der Waals surface area contributed by atoms with Crippen molar-refractivity contribution in [3.05, 3.63) is 48.5 Å². The SMILES string of the molecule is CCOc1ccc(NC(=O)C(C)Nc2ccc(NC(=O)C(C)(C)C)cc2)cc1. The molecule has 2 aromatic carbocycles. The van der Waals surface area contributed by atoms with Crippen LogP contribution in [0.2, 0.25) is 0 Å². The highest BCUT2D eigenvalue weighted by Crippen LogP contribution is 2.20. The number of benzene rings is 2. The van der Waals surface area contributed by atoms with Crippen LogP contribution in [0.1, 0.15) is 34.6 Å². The predicted molar refractivity (Wildman–Crippen MR) is 114 cm³/mol. The normalized spacial score (nSPS) is 12.0. The van der Waals surface area contributed by atoms with Crippen LogP contribution in [0.3, 0.4) is 0 Å². The summed E-state index contributed by atoms with van der Waals surface area (Å²) in [4.78, 5) is 24.4. The summed E-state index contributed by atoms with van der Waals surface area (Å²) < 4.78 is 5.39. The summed E-state index contributed by atoms with van der Waals surface area (Å²) in [6.45, 7) is 9.91. The van der Waals surface area contributed by atoms with Gasteiger partial charge in [-0.1, -0.05) is 20.8 Å². The zero-order valence-corrected chi connectivity index (χ0v) is 17.1. The first kappa shape index (κ1) is 21.3. The van der Waals surface area contributed by atoms with Crippen molar-refractivity contribution in [2.24, 2.45) is 5.41 Å². The first-order valence-corrected chi connectivity index (χ1v) is 9.41. The van der Waals surface area contributed by atoms with Gasteiger partial charge in [-0.25, -0.2) is 0 Å². The number of carbonyl (C=O) groups excluding carboxylic acids is 2. The Balaban J connectivity index is 1.90. The molecule has 3 N–H and O–H groups in total. The number of hydrogen-bond acceptors (Lipinski definition) is 4. The fourth-order valence-corrected chi connectivity index (χ4v) is 2.34. The van der Waals surface area contributed by atoms with Crippen molar-refractivity contribution in [1.29, 1.82) is 0 Å². The topological polar surface area (TPSA) is 79.5 Å². The Morgan fingerprint density at radius 1 is 0.893 bits per heavy atom. The minimum atomic E-state index is -0.454. The van der Waals surface area contributed by atoms with Crippen LogP contribution in [0, 0.1) is 5.41 Å². The largest absolute Gasteiger partial charge is 0.494 e. The highest BCUT2D eigenvalue weighted by molar-refractivity contribution is 5.96. The molecule has 150 valence electrons. The summed E-state index contributed by atoms with van der Waals surface area (Å²) >= 11 is 0. The van der Waals surface area contributed by atoms with Crippen molar-refractivity contribution in [3.8, 4) is 5.75 Å². The van der Waals surface area contributed by atoms with Gasteiger partial charge in [0.2, 0.25) is 11.8 Å². The van der Waals surface area contributed by atoms with Gasteiger partial charge in [-0.15, -0.1) is 0 Å². The highest BCUT2D eigenvalue weighted by Gasteiger charge is 2.21. The van der Waals surface area contributed by atoms with Gasteiger partial charge in [0.05, 0.1) is 6.61 Å². The molecule has 2 amide bonds. The summed E-state index contributed by atoms with van der Waals surface area (Å²) in [7, 11) is 0. The Morgan fingerprint density at radius 2 is 1.39 bits per heavy atom. The monoisotopic (exact) mass is 383 g/mol. The van der Waals surface area contributed by atoms with Gasteiger partial charge in [0, 0.05) is 22.5 Å². The predicted octanol–water partition coefficient (Wildman–Crippen LogP) is 4.51. The Morgan fingerprint density at radius 3 is 1.93 bits per heavy atom. The average Bonchev–Trinajstić information content (AvgIpc) is 2.64. The van der Waals surface area contributed by atoms with E-state index in [1.54, 1.807) is 6.92 Å². The molecular formula is C22H29N3O3. The molecule has 6 nitrogen and oxygen atoms in total. The fraction of sp³-hybridized carbons (Fsp3) is 0.364. The van der Waals surface area contributed by atoms with E-state index in [0.717, 1.165) is 17.1 Å². The van der Waals surface area contributed by atoms with Crippen LogP contribution in [0.15, 0.2) is 48.5 Å². The highest BCUT2D eigenvalue weighted by atomic mass is 16.5. The van der Waals surface area contributed by atoms with Crippen molar-refractivity contribution < 1.29 is 14.3 Å². The molecule has 2 aromatic rings. The number of carbonyl (C=O) groups is 2. The standard InChI is InChI=1S/C22H29N3O3/c1-6-28-19-13-11-17(12-14-19)24-20(26)15(2)23-16-7-9-18(10-8-16)25-21(27)22(3,4)5/h7-15,23H,6H2,1-5H3,(H,24,26)(H,25,27). The van der Waals surface area contributed by atoms with Crippen LogP contribution in [-0.4, -0.2) is 24.5 Å². The van der Waals surface area contributed by atoms with Crippen LogP contribution in [0.4, 0.5) is 17.1 Å². The van der Waals surface area contributed by atoms with Crippen LogP contribution in [-0.2, 0) is 9.59 Å². The third kappa shape index (κ3) is 6.30. The molecular weight excluding hydrogens is 354 g/mol. The van der Waals surface area contributed by atoms with Crippen molar-refractivity contribution in [2.45, 2.75) is 40.7 Å². The third-order valence-electron chi connectivity index (χ3n) is 4.03. The van der Waals surface area contributed by atoms with Crippen molar-refractivity contribution >= 4 is 28.9 Å². The summed E-state index contributed by atoms with van der Waals surface area (Å²) in [6.07, 6.45) is 0. The lowest BCUT2D eigenvalue weighted by Crippen LogP contribution is -2.31. The Labute approximate surface area is 166 Å². The molecule has 0 aliphatic rings. The van der Waals surface area contributed by atoms with Crippen molar-refractivity contribution in [2.75, 3.05) is 22.6 Å². The summed E-state index contributed by atoms with van der Waals surface area (Å²) in [5, 5.41) is 8.90. The molecule has 0 aromatic heterocycles. The Kier molecular flexibility index (Phi) is 7.04. The maximum Gasteiger partial charge on any atom is 0.246 e. The van der Waals surface area contributed by atoms with Crippen molar-refractivity contribution in [3.63, 3.8) is 0 Å². The van der Waals surface area contributed by atoms with E-state index in [2.05, 4.69) is 16.0 Å². The molecule has 2 rings (SSSR count). The van der Waals surface area contributed by atoms with Crippen LogP contribution >= 0.6 is 0 Å². The van der Waals surface area contributed by atoms with E-state index in [-0.39, 0.29) is 11.8 Å². The molecule has 1 unspecified atom stereocenters. The van der Waals surface area contributed by atoms with E-state index in [1.807, 2.05) is 76.2 Å². The van der Waals surface area contributed by atoms with E-state index in [0.29, 0.717) is 12.3 Å². The van der Waals surface area contributed by atoms with E-state index in [4.69, 9.17) is 4.74 Å². The smallest absolute Gasteiger partial charge is 0.246 e. The molecule has 28 heavy (non-hydrogen) atoms. The Hall–Kier alpha value is -3.02. The lowest BCUT2D eigenvalue weighted by Gasteiger charge is -2.18. The van der Waals surface area contributed by atoms with E-state index in [9.17, 15) is 9.59 Å². The average molecular weight is 383 g/mol. The number of nitrogens with one attached hydrogen (secondary N) is 3. The first-order valence-electron chi connectivity index (χ1n) is 9.41. The molecule has 1 atom stereocenters. The lowest BCUT2D eigenvalue weighted by molar-refractivity contribution is -0.123. The van der Waals surface area contributed by atoms with Gasteiger partial charge in [0.25, 0.3) is 0 Å². The van der Waals surface area contributed by atoms with Gasteiger partial charge in [-0.05, 0) is 62.4 Å². The number of ether oxygens (including phenoxy) is 1. The second kappa shape index (κ2) is 9.26. The van der Waals surface area contributed by atoms with Crippen molar-refractivity contribution in [1.82, 2.24) is 0 Å². The van der Waals surface area contributed by atoms with Crippen LogP contribution in [0.25, 0.3) is 0 Å². The maximum absolute atomic E-state index is 12.4. The lowest BCUT2D eigenvalue weighted by atomic mass is 9.95. The van der Waals surface area contributed by atoms with Gasteiger partial charge in [-0.3, -0.25) is 9.59 Å². The van der Waals surface area contributed by atoms with Gasteiger partial charge in [-0.2, -0.15) is 0 Å². The van der Waals surface area contributed by atoms with Gasteiger partial charge < -0.3 is 20.7 Å². The summed E-state index contributed by atoms with van der Waals surface area (Å²) in [5.41, 5.74) is 1.77. The fourth-order valence-electron chi connectivity index (χ4n) is 2.34.